The Morgan fingerprint density at radius 1 is 1.53 bits per heavy atom. The van der Waals surface area contributed by atoms with Gasteiger partial charge in [0.25, 0.3) is 0 Å². The van der Waals surface area contributed by atoms with Crippen LogP contribution >= 0.6 is 0 Å². The molecule has 0 aromatic rings. The maximum absolute atomic E-state index is 5.42. The van der Waals surface area contributed by atoms with Crippen molar-refractivity contribution in [1.29, 1.82) is 0 Å². The van der Waals surface area contributed by atoms with E-state index in [0.717, 1.165) is 31.2 Å². The average molecular weight is 213 g/mol. The van der Waals surface area contributed by atoms with Gasteiger partial charge in [-0.1, -0.05) is 12.2 Å². The third-order valence-corrected chi connectivity index (χ3v) is 2.54. The minimum atomic E-state index is 0.517. The van der Waals surface area contributed by atoms with Crippen molar-refractivity contribution in [2.24, 2.45) is 5.92 Å². The molecule has 15 heavy (non-hydrogen) atoms. The standard InChI is InChI=1S/C12H23NO2/c1-10(2)8-15-7-6-13-12(9-14-3)11-4-5-11/h11-13H,1,4-9H2,2-3H3. The first kappa shape index (κ1) is 12.7. The summed E-state index contributed by atoms with van der Waals surface area (Å²) in [5.74, 6) is 0.825. The van der Waals surface area contributed by atoms with Gasteiger partial charge >= 0.3 is 0 Å². The third-order valence-electron chi connectivity index (χ3n) is 2.54. The second-order valence-corrected chi connectivity index (χ2v) is 4.36. The lowest BCUT2D eigenvalue weighted by molar-refractivity contribution is 0.132. The van der Waals surface area contributed by atoms with Crippen LogP contribution in [0.1, 0.15) is 19.8 Å². The number of rotatable bonds is 9. The summed E-state index contributed by atoms with van der Waals surface area (Å²) < 4.78 is 10.6. The zero-order valence-corrected chi connectivity index (χ0v) is 9.92. The van der Waals surface area contributed by atoms with Crippen molar-refractivity contribution in [3.8, 4) is 0 Å². The van der Waals surface area contributed by atoms with E-state index < -0.39 is 0 Å². The summed E-state index contributed by atoms with van der Waals surface area (Å²) in [6.45, 7) is 8.90. The van der Waals surface area contributed by atoms with Gasteiger partial charge in [-0.3, -0.25) is 0 Å². The fraction of sp³-hybridized carbons (Fsp3) is 0.833. The lowest BCUT2D eigenvalue weighted by atomic mass is 10.2. The highest BCUT2D eigenvalue weighted by molar-refractivity contribution is 4.88. The van der Waals surface area contributed by atoms with Gasteiger partial charge in [-0.05, 0) is 25.7 Å². The van der Waals surface area contributed by atoms with E-state index in [1.165, 1.54) is 12.8 Å². The molecule has 1 unspecified atom stereocenters. The molecular formula is C12H23NO2. The Hall–Kier alpha value is -0.380. The first-order chi connectivity index (χ1) is 7.24. The summed E-state index contributed by atoms with van der Waals surface area (Å²) in [6.07, 6.45) is 2.68. The normalized spacial score (nSPS) is 17.7. The van der Waals surface area contributed by atoms with Crippen LogP contribution in [-0.4, -0.2) is 39.5 Å². The second-order valence-electron chi connectivity index (χ2n) is 4.36. The highest BCUT2D eigenvalue weighted by Crippen LogP contribution is 2.32. The predicted octanol–water partition coefficient (Wildman–Crippen LogP) is 1.59. The minimum Gasteiger partial charge on any atom is -0.383 e. The number of nitrogens with one attached hydrogen (secondary N) is 1. The molecule has 1 aliphatic carbocycles. The van der Waals surface area contributed by atoms with Crippen molar-refractivity contribution < 1.29 is 9.47 Å². The van der Waals surface area contributed by atoms with Crippen LogP contribution in [0.2, 0.25) is 0 Å². The van der Waals surface area contributed by atoms with Gasteiger partial charge in [-0.25, -0.2) is 0 Å². The smallest absolute Gasteiger partial charge is 0.0672 e. The molecule has 1 saturated carbocycles. The Morgan fingerprint density at radius 2 is 2.27 bits per heavy atom. The molecule has 1 fully saturated rings. The number of hydrogen-bond acceptors (Lipinski definition) is 3. The molecule has 1 atom stereocenters. The lowest BCUT2D eigenvalue weighted by Crippen LogP contribution is -2.37. The lowest BCUT2D eigenvalue weighted by Gasteiger charge is -2.17. The van der Waals surface area contributed by atoms with Crippen LogP contribution in [0, 0.1) is 5.92 Å². The van der Waals surface area contributed by atoms with Gasteiger partial charge in [0.15, 0.2) is 0 Å². The molecular weight excluding hydrogens is 190 g/mol. The Morgan fingerprint density at radius 3 is 2.80 bits per heavy atom. The molecule has 0 radical (unpaired) electrons. The second kappa shape index (κ2) is 6.99. The zero-order valence-electron chi connectivity index (χ0n) is 9.92. The molecule has 3 heteroatoms. The van der Waals surface area contributed by atoms with E-state index in [1.807, 2.05) is 6.92 Å². The number of hydrogen-bond donors (Lipinski definition) is 1. The molecule has 1 N–H and O–H groups in total. The van der Waals surface area contributed by atoms with E-state index in [9.17, 15) is 0 Å². The van der Waals surface area contributed by atoms with Gasteiger partial charge in [0.2, 0.25) is 0 Å². The summed E-state index contributed by atoms with van der Waals surface area (Å²) in [5, 5.41) is 3.48. The topological polar surface area (TPSA) is 30.5 Å². The first-order valence-corrected chi connectivity index (χ1v) is 5.68. The Bertz CT molecular complexity index is 190. The SMILES string of the molecule is C=C(C)COCCNC(COC)C1CC1. The van der Waals surface area contributed by atoms with Gasteiger partial charge in [-0.15, -0.1) is 0 Å². The van der Waals surface area contributed by atoms with Gasteiger partial charge in [0.05, 0.1) is 19.8 Å². The Balaban J connectivity index is 1.98. The fourth-order valence-electron chi connectivity index (χ4n) is 1.60. The van der Waals surface area contributed by atoms with Gasteiger partial charge in [0.1, 0.15) is 0 Å². The van der Waals surface area contributed by atoms with Gasteiger partial charge in [0, 0.05) is 19.7 Å². The Kier molecular flexibility index (Phi) is 5.91. The van der Waals surface area contributed by atoms with Crippen LogP contribution in [0.5, 0.6) is 0 Å². The quantitative estimate of drug-likeness (QED) is 0.466. The van der Waals surface area contributed by atoms with Crippen molar-refractivity contribution >= 4 is 0 Å². The summed E-state index contributed by atoms with van der Waals surface area (Å²) in [7, 11) is 1.76. The molecule has 0 saturated heterocycles. The molecule has 0 aromatic heterocycles. The average Bonchev–Trinajstić information content (AvgIpc) is 2.98. The largest absolute Gasteiger partial charge is 0.383 e. The monoisotopic (exact) mass is 213 g/mol. The summed E-state index contributed by atoms with van der Waals surface area (Å²) in [6, 6.07) is 0.517. The fourth-order valence-corrected chi connectivity index (χ4v) is 1.60. The summed E-state index contributed by atoms with van der Waals surface area (Å²) in [4.78, 5) is 0. The molecule has 3 nitrogen and oxygen atoms in total. The van der Waals surface area contributed by atoms with Crippen molar-refractivity contribution in [3.05, 3.63) is 12.2 Å². The van der Waals surface area contributed by atoms with Crippen molar-refractivity contribution in [1.82, 2.24) is 5.32 Å². The van der Waals surface area contributed by atoms with Crippen LogP contribution < -0.4 is 5.32 Å². The van der Waals surface area contributed by atoms with Crippen LogP contribution in [0.3, 0.4) is 0 Å². The molecule has 0 aromatic carbocycles. The molecule has 1 rings (SSSR count). The molecule has 88 valence electrons. The van der Waals surface area contributed by atoms with Crippen LogP contribution in [-0.2, 0) is 9.47 Å². The van der Waals surface area contributed by atoms with Gasteiger partial charge < -0.3 is 14.8 Å². The molecule has 0 aliphatic heterocycles. The zero-order chi connectivity index (χ0) is 11.1. The number of methoxy groups -OCH3 is 1. The van der Waals surface area contributed by atoms with E-state index in [2.05, 4.69) is 11.9 Å². The van der Waals surface area contributed by atoms with Crippen molar-refractivity contribution in [2.45, 2.75) is 25.8 Å². The minimum absolute atomic E-state index is 0.517. The molecule has 0 bridgehead atoms. The van der Waals surface area contributed by atoms with Crippen LogP contribution in [0.25, 0.3) is 0 Å². The summed E-state index contributed by atoms with van der Waals surface area (Å²) >= 11 is 0. The van der Waals surface area contributed by atoms with Gasteiger partial charge in [-0.2, -0.15) is 0 Å². The summed E-state index contributed by atoms with van der Waals surface area (Å²) in [5.41, 5.74) is 1.07. The molecule has 0 spiro atoms. The van der Waals surface area contributed by atoms with Crippen molar-refractivity contribution in [3.63, 3.8) is 0 Å². The van der Waals surface area contributed by atoms with Crippen LogP contribution in [0.4, 0.5) is 0 Å². The van der Waals surface area contributed by atoms with Crippen molar-refractivity contribution in [2.75, 3.05) is 33.5 Å². The third kappa shape index (κ3) is 5.92. The van der Waals surface area contributed by atoms with E-state index in [0.29, 0.717) is 12.6 Å². The maximum Gasteiger partial charge on any atom is 0.0672 e. The van der Waals surface area contributed by atoms with E-state index in [4.69, 9.17) is 9.47 Å². The highest BCUT2D eigenvalue weighted by Gasteiger charge is 2.30. The Labute approximate surface area is 92.8 Å². The molecule has 0 heterocycles. The highest BCUT2D eigenvalue weighted by atomic mass is 16.5. The maximum atomic E-state index is 5.42. The molecule has 1 aliphatic rings. The first-order valence-electron chi connectivity index (χ1n) is 5.68. The van der Waals surface area contributed by atoms with Crippen LogP contribution in [0.15, 0.2) is 12.2 Å². The van der Waals surface area contributed by atoms with E-state index in [-0.39, 0.29) is 0 Å². The number of ether oxygens (including phenoxy) is 2. The predicted molar refractivity (Wildman–Crippen MR) is 62.0 cm³/mol. The van der Waals surface area contributed by atoms with E-state index >= 15 is 0 Å². The molecule has 0 amide bonds. The van der Waals surface area contributed by atoms with E-state index in [1.54, 1.807) is 7.11 Å².